The van der Waals surface area contributed by atoms with Gasteiger partial charge in [-0.2, -0.15) is 0 Å². The Labute approximate surface area is 156 Å². The predicted molar refractivity (Wildman–Crippen MR) is 98.9 cm³/mol. The zero-order chi connectivity index (χ0) is 19.1. The van der Waals surface area contributed by atoms with E-state index in [9.17, 15) is 14.4 Å². The molecule has 0 bridgehead atoms. The van der Waals surface area contributed by atoms with Crippen LogP contribution in [0.25, 0.3) is 0 Å². The first kappa shape index (κ1) is 18.5. The highest BCUT2D eigenvalue weighted by atomic mass is 16.3. The quantitative estimate of drug-likeness (QED) is 0.658. The smallest absolute Gasteiger partial charge is 0.286 e. The molecule has 0 saturated heterocycles. The van der Waals surface area contributed by atoms with Gasteiger partial charge in [-0.1, -0.05) is 18.2 Å². The number of hydrazine groups is 1. The van der Waals surface area contributed by atoms with Crippen molar-refractivity contribution >= 4 is 23.4 Å². The van der Waals surface area contributed by atoms with Gasteiger partial charge in [-0.05, 0) is 36.6 Å². The Balaban J connectivity index is 1.37. The largest absolute Gasteiger partial charge is 0.459 e. The summed E-state index contributed by atoms with van der Waals surface area (Å²) < 4.78 is 4.95. The average molecular weight is 370 g/mol. The van der Waals surface area contributed by atoms with Crippen molar-refractivity contribution in [2.75, 3.05) is 24.5 Å². The van der Waals surface area contributed by atoms with Crippen LogP contribution in [0.3, 0.4) is 0 Å². The maximum atomic E-state index is 12.1. The number of rotatable bonds is 6. The third-order valence-corrected chi connectivity index (χ3v) is 4.26. The first-order chi connectivity index (χ1) is 13.1. The van der Waals surface area contributed by atoms with Crippen molar-refractivity contribution in [3.8, 4) is 0 Å². The van der Waals surface area contributed by atoms with Gasteiger partial charge in [-0.15, -0.1) is 0 Å². The van der Waals surface area contributed by atoms with Gasteiger partial charge in [0, 0.05) is 25.2 Å². The van der Waals surface area contributed by atoms with Crippen LogP contribution >= 0.6 is 0 Å². The molecule has 8 heteroatoms. The molecule has 0 fully saturated rings. The molecule has 2 aromatic rings. The summed E-state index contributed by atoms with van der Waals surface area (Å²) in [5, 5.41) is 2.57. The lowest BCUT2D eigenvalue weighted by Gasteiger charge is -2.30. The molecule has 0 radical (unpaired) electrons. The molecule has 0 unspecified atom stereocenters. The number of nitrogens with one attached hydrogen (secondary N) is 3. The van der Waals surface area contributed by atoms with Crippen LogP contribution in [0.15, 0.2) is 47.1 Å². The minimum absolute atomic E-state index is 0.0409. The van der Waals surface area contributed by atoms with Gasteiger partial charge in [0.1, 0.15) is 0 Å². The predicted octanol–water partition coefficient (Wildman–Crippen LogP) is 1.000. The molecule has 3 amide bonds. The molecule has 2 heterocycles. The third-order valence-electron chi connectivity index (χ3n) is 4.26. The minimum atomic E-state index is -0.388. The number of hydrogen-bond acceptors (Lipinski definition) is 5. The van der Waals surface area contributed by atoms with E-state index in [1.807, 2.05) is 23.1 Å². The van der Waals surface area contributed by atoms with Gasteiger partial charge in [0.25, 0.3) is 11.8 Å². The Morgan fingerprint density at radius 3 is 2.67 bits per heavy atom. The number of benzene rings is 1. The summed E-state index contributed by atoms with van der Waals surface area (Å²) in [6, 6.07) is 11.2. The van der Waals surface area contributed by atoms with E-state index >= 15 is 0 Å². The van der Waals surface area contributed by atoms with Crippen LogP contribution in [-0.2, 0) is 16.0 Å². The van der Waals surface area contributed by atoms with E-state index < -0.39 is 0 Å². The fourth-order valence-electron chi connectivity index (χ4n) is 2.98. The van der Waals surface area contributed by atoms with E-state index in [4.69, 9.17) is 4.42 Å². The zero-order valence-electron chi connectivity index (χ0n) is 14.9. The molecule has 0 aliphatic carbocycles. The van der Waals surface area contributed by atoms with Crippen molar-refractivity contribution in [1.82, 2.24) is 16.2 Å². The highest BCUT2D eigenvalue weighted by Crippen LogP contribution is 2.26. The molecule has 1 aliphatic rings. The van der Waals surface area contributed by atoms with Crippen LogP contribution < -0.4 is 21.1 Å². The lowest BCUT2D eigenvalue weighted by Crippen LogP contribution is -2.47. The number of amides is 3. The summed E-state index contributed by atoms with van der Waals surface area (Å²) in [5.74, 6) is -0.882. The van der Waals surface area contributed by atoms with Gasteiger partial charge in [-0.3, -0.25) is 25.2 Å². The first-order valence-corrected chi connectivity index (χ1v) is 8.86. The number of carbonyl (C=O) groups excluding carboxylic acids is 3. The summed E-state index contributed by atoms with van der Waals surface area (Å²) in [5.41, 5.74) is 7.07. The van der Waals surface area contributed by atoms with Gasteiger partial charge in [0.2, 0.25) is 5.91 Å². The van der Waals surface area contributed by atoms with Gasteiger partial charge < -0.3 is 14.6 Å². The maximum absolute atomic E-state index is 12.1. The van der Waals surface area contributed by atoms with Crippen molar-refractivity contribution in [2.24, 2.45) is 0 Å². The Hall–Kier alpha value is -3.29. The number of fused-ring (bicyclic) bond motifs is 1. The van der Waals surface area contributed by atoms with E-state index in [2.05, 4.69) is 22.2 Å². The lowest BCUT2D eigenvalue weighted by molar-refractivity contribution is -0.128. The van der Waals surface area contributed by atoms with Gasteiger partial charge >= 0.3 is 0 Å². The average Bonchev–Trinajstić information content (AvgIpc) is 3.21. The lowest BCUT2D eigenvalue weighted by atomic mass is 10.0. The molecule has 1 aromatic heterocycles. The fraction of sp³-hybridized carbons (Fsp3) is 0.316. The number of nitrogens with zero attached hydrogens (tertiary/aromatic N) is 1. The third kappa shape index (κ3) is 5.10. The molecule has 0 atom stereocenters. The first-order valence-electron chi connectivity index (χ1n) is 8.86. The van der Waals surface area contributed by atoms with E-state index in [1.165, 1.54) is 17.9 Å². The topological polar surface area (TPSA) is 104 Å². The molecule has 0 spiro atoms. The van der Waals surface area contributed by atoms with E-state index in [0.29, 0.717) is 0 Å². The summed E-state index contributed by atoms with van der Waals surface area (Å²) >= 11 is 0. The number of aryl methyl sites for hydroxylation is 1. The van der Waals surface area contributed by atoms with E-state index in [1.54, 1.807) is 6.07 Å². The van der Waals surface area contributed by atoms with Crippen molar-refractivity contribution in [1.29, 1.82) is 0 Å². The highest BCUT2D eigenvalue weighted by molar-refractivity contribution is 5.91. The second-order valence-corrected chi connectivity index (χ2v) is 6.23. The summed E-state index contributed by atoms with van der Waals surface area (Å²) in [6.07, 6.45) is 3.44. The number of para-hydroxylation sites is 1. The monoisotopic (exact) mass is 370 g/mol. The van der Waals surface area contributed by atoms with Crippen molar-refractivity contribution in [3.05, 3.63) is 54.0 Å². The van der Waals surface area contributed by atoms with Crippen LogP contribution in [0.4, 0.5) is 5.69 Å². The summed E-state index contributed by atoms with van der Waals surface area (Å²) in [7, 11) is 0. The van der Waals surface area contributed by atoms with E-state index in [0.717, 1.165) is 25.1 Å². The van der Waals surface area contributed by atoms with Gasteiger partial charge in [0.15, 0.2) is 5.76 Å². The Kier molecular flexibility index (Phi) is 6.09. The van der Waals surface area contributed by atoms with Crippen molar-refractivity contribution < 1.29 is 18.8 Å². The van der Waals surface area contributed by atoms with Crippen LogP contribution in [0, 0.1) is 0 Å². The summed E-state index contributed by atoms with van der Waals surface area (Å²) in [4.78, 5) is 37.6. The molecular weight excluding hydrogens is 348 g/mol. The maximum Gasteiger partial charge on any atom is 0.286 e. The Morgan fingerprint density at radius 1 is 1.04 bits per heavy atom. The number of anilines is 1. The van der Waals surface area contributed by atoms with Crippen LogP contribution in [0.5, 0.6) is 0 Å². The molecule has 27 heavy (non-hydrogen) atoms. The normalized spacial score (nSPS) is 12.8. The van der Waals surface area contributed by atoms with Crippen LogP contribution in [0.1, 0.15) is 29.0 Å². The molecular formula is C19H22N4O4. The Bertz CT molecular complexity index is 804. The van der Waals surface area contributed by atoms with Crippen molar-refractivity contribution in [2.45, 2.75) is 19.3 Å². The molecule has 3 rings (SSSR count). The van der Waals surface area contributed by atoms with Crippen molar-refractivity contribution in [3.63, 3.8) is 0 Å². The van der Waals surface area contributed by atoms with Gasteiger partial charge in [-0.25, -0.2) is 0 Å². The van der Waals surface area contributed by atoms with Crippen LogP contribution in [0.2, 0.25) is 0 Å². The number of furan rings is 1. The highest BCUT2D eigenvalue weighted by Gasteiger charge is 2.18. The van der Waals surface area contributed by atoms with E-state index in [-0.39, 0.29) is 43.0 Å². The van der Waals surface area contributed by atoms with Crippen LogP contribution in [-0.4, -0.2) is 37.4 Å². The summed E-state index contributed by atoms with van der Waals surface area (Å²) in [6.45, 7) is 1.12. The van der Waals surface area contributed by atoms with Gasteiger partial charge in [0.05, 0.1) is 12.8 Å². The Morgan fingerprint density at radius 2 is 1.85 bits per heavy atom. The number of hydrogen-bond donors (Lipinski definition) is 3. The molecule has 142 valence electrons. The molecule has 0 saturated carbocycles. The molecule has 8 nitrogen and oxygen atoms in total. The minimum Gasteiger partial charge on any atom is -0.459 e. The second kappa shape index (κ2) is 8.88. The standard InChI is InChI=1S/C19H22N4O4/c24-17(9-10-20-19(26)16-8-4-12-27-16)21-22-18(25)13-23-11-3-6-14-5-1-2-7-15(14)23/h1-2,4-5,7-8,12H,3,6,9-11,13H2,(H,20,26)(H,21,24)(H,22,25). The SMILES string of the molecule is O=C(CCNC(=O)c1ccco1)NNC(=O)CN1CCCc2ccccc21. The molecule has 1 aromatic carbocycles. The zero-order valence-corrected chi connectivity index (χ0v) is 14.9. The second-order valence-electron chi connectivity index (χ2n) is 6.23. The number of carbonyl (C=O) groups is 3. The molecule has 1 aliphatic heterocycles. The molecule has 3 N–H and O–H groups in total. The fourth-order valence-corrected chi connectivity index (χ4v) is 2.98.